The van der Waals surface area contributed by atoms with Gasteiger partial charge in [-0.05, 0) is 32.2 Å². The summed E-state index contributed by atoms with van der Waals surface area (Å²) in [6, 6.07) is 0. The molecule has 0 saturated heterocycles. The van der Waals surface area contributed by atoms with Gasteiger partial charge in [0.05, 0.1) is 5.60 Å². The fourth-order valence-electron chi connectivity index (χ4n) is 1.49. The van der Waals surface area contributed by atoms with Crippen molar-refractivity contribution in [3.05, 3.63) is 0 Å². The summed E-state index contributed by atoms with van der Waals surface area (Å²) < 4.78 is 0. The van der Waals surface area contributed by atoms with Gasteiger partial charge >= 0.3 is 0 Å². The van der Waals surface area contributed by atoms with E-state index in [-0.39, 0.29) is 0 Å². The van der Waals surface area contributed by atoms with Gasteiger partial charge in [-0.1, -0.05) is 20.8 Å². The van der Waals surface area contributed by atoms with Crippen molar-refractivity contribution in [2.45, 2.75) is 46.1 Å². The Bertz CT molecular complexity index is 110. The molecule has 0 aliphatic carbocycles. The molecule has 2 N–H and O–H groups in total. The van der Waals surface area contributed by atoms with Gasteiger partial charge in [0.15, 0.2) is 0 Å². The van der Waals surface area contributed by atoms with Crippen LogP contribution in [0, 0.1) is 5.92 Å². The van der Waals surface area contributed by atoms with Crippen LogP contribution in [-0.4, -0.2) is 23.8 Å². The minimum atomic E-state index is -0.538. The molecule has 0 aromatic carbocycles. The summed E-state index contributed by atoms with van der Waals surface area (Å²) in [5, 5.41) is 13.1. The summed E-state index contributed by atoms with van der Waals surface area (Å²) in [6.07, 6.45) is 1.99. The smallest absolute Gasteiger partial charge is 0.0746 e. The predicted molar refractivity (Wildman–Crippen MR) is 53.2 cm³/mol. The molecule has 0 aliphatic heterocycles. The third-order valence-electron chi connectivity index (χ3n) is 1.78. The van der Waals surface area contributed by atoms with Crippen molar-refractivity contribution >= 4 is 0 Å². The number of hydrogen-bond acceptors (Lipinski definition) is 2. The van der Waals surface area contributed by atoms with E-state index in [0.29, 0.717) is 12.5 Å². The Hall–Kier alpha value is -0.0800. The lowest BCUT2D eigenvalue weighted by Gasteiger charge is -2.25. The molecule has 2 heteroatoms. The fraction of sp³-hybridized carbons (Fsp3) is 1.00. The quantitative estimate of drug-likeness (QED) is 0.600. The molecule has 0 spiro atoms. The van der Waals surface area contributed by atoms with Crippen molar-refractivity contribution in [2.24, 2.45) is 5.92 Å². The van der Waals surface area contributed by atoms with E-state index in [9.17, 15) is 5.11 Å². The van der Waals surface area contributed by atoms with E-state index in [1.165, 1.54) is 0 Å². The van der Waals surface area contributed by atoms with E-state index in [1.807, 2.05) is 6.92 Å². The number of rotatable bonds is 6. The Morgan fingerprint density at radius 1 is 1.42 bits per heavy atom. The maximum Gasteiger partial charge on any atom is 0.0746 e. The molecule has 0 amide bonds. The van der Waals surface area contributed by atoms with E-state index in [4.69, 9.17) is 0 Å². The third kappa shape index (κ3) is 6.62. The lowest BCUT2D eigenvalue weighted by molar-refractivity contribution is 0.0388. The number of aliphatic hydroxyl groups is 1. The van der Waals surface area contributed by atoms with Gasteiger partial charge in [0, 0.05) is 6.54 Å². The zero-order chi connectivity index (χ0) is 9.61. The summed E-state index contributed by atoms with van der Waals surface area (Å²) >= 11 is 0. The molecule has 0 saturated carbocycles. The van der Waals surface area contributed by atoms with Gasteiger partial charge in [-0.15, -0.1) is 0 Å². The Morgan fingerprint density at radius 2 is 2.00 bits per heavy atom. The SMILES string of the molecule is CCCNCC(C)(O)CC(C)C. The van der Waals surface area contributed by atoms with Gasteiger partial charge in [-0.25, -0.2) is 0 Å². The van der Waals surface area contributed by atoms with Crippen LogP contribution in [0.1, 0.15) is 40.5 Å². The molecule has 0 fully saturated rings. The summed E-state index contributed by atoms with van der Waals surface area (Å²) in [5.74, 6) is 0.559. The molecule has 0 heterocycles. The first-order valence-corrected chi connectivity index (χ1v) is 4.91. The van der Waals surface area contributed by atoms with Crippen LogP contribution >= 0.6 is 0 Å². The van der Waals surface area contributed by atoms with Crippen LogP contribution in [0.2, 0.25) is 0 Å². The molecule has 0 aromatic rings. The van der Waals surface area contributed by atoms with Crippen molar-refractivity contribution in [3.8, 4) is 0 Å². The Kier molecular flexibility index (Phi) is 5.51. The highest BCUT2D eigenvalue weighted by Gasteiger charge is 2.20. The van der Waals surface area contributed by atoms with E-state index >= 15 is 0 Å². The first-order chi connectivity index (χ1) is 5.48. The van der Waals surface area contributed by atoms with Gasteiger partial charge in [0.25, 0.3) is 0 Å². The highest BCUT2D eigenvalue weighted by molar-refractivity contribution is 4.76. The molecule has 1 atom stereocenters. The lowest BCUT2D eigenvalue weighted by atomic mass is 9.94. The van der Waals surface area contributed by atoms with Crippen LogP contribution in [0.5, 0.6) is 0 Å². The molecule has 74 valence electrons. The second-order valence-corrected chi connectivity index (χ2v) is 4.27. The van der Waals surface area contributed by atoms with Gasteiger partial charge in [0.1, 0.15) is 0 Å². The lowest BCUT2D eigenvalue weighted by Crippen LogP contribution is -2.39. The van der Waals surface area contributed by atoms with E-state index in [1.54, 1.807) is 0 Å². The first kappa shape index (κ1) is 11.9. The van der Waals surface area contributed by atoms with Crippen LogP contribution in [0.3, 0.4) is 0 Å². The summed E-state index contributed by atoms with van der Waals surface area (Å²) in [6.45, 7) is 10.00. The number of nitrogens with one attached hydrogen (secondary N) is 1. The van der Waals surface area contributed by atoms with Gasteiger partial charge in [-0.3, -0.25) is 0 Å². The molecular formula is C10H23NO. The molecular weight excluding hydrogens is 150 g/mol. The van der Waals surface area contributed by atoms with Crippen molar-refractivity contribution < 1.29 is 5.11 Å². The second-order valence-electron chi connectivity index (χ2n) is 4.27. The Labute approximate surface area is 76.4 Å². The predicted octanol–water partition coefficient (Wildman–Crippen LogP) is 1.78. The summed E-state index contributed by atoms with van der Waals surface area (Å²) in [7, 11) is 0. The van der Waals surface area contributed by atoms with Gasteiger partial charge in [-0.2, -0.15) is 0 Å². The molecule has 12 heavy (non-hydrogen) atoms. The van der Waals surface area contributed by atoms with Crippen LogP contribution in [0.4, 0.5) is 0 Å². The zero-order valence-electron chi connectivity index (χ0n) is 8.85. The van der Waals surface area contributed by atoms with Gasteiger partial charge < -0.3 is 10.4 Å². The molecule has 0 aliphatic rings. The standard InChI is InChI=1S/C10H23NO/c1-5-6-11-8-10(4,12)7-9(2)3/h9,11-12H,5-8H2,1-4H3. The van der Waals surface area contributed by atoms with Crippen molar-refractivity contribution in [2.75, 3.05) is 13.1 Å². The molecule has 0 rings (SSSR count). The van der Waals surface area contributed by atoms with Crippen LogP contribution in [-0.2, 0) is 0 Å². The van der Waals surface area contributed by atoms with Crippen molar-refractivity contribution in [1.29, 1.82) is 0 Å². The average molecular weight is 173 g/mol. The maximum atomic E-state index is 9.85. The molecule has 2 nitrogen and oxygen atoms in total. The minimum absolute atomic E-state index is 0.538. The van der Waals surface area contributed by atoms with Crippen LogP contribution in [0.15, 0.2) is 0 Å². The van der Waals surface area contributed by atoms with Crippen LogP contribution in [0.25, 0.3) is 0 Å². The molecule has 0 aromatic heterocycles. The summed E-state index contributed by atoms with van der Waals surface area (Å²) in [4.78, 5) is 0. The largest absolute Gasteiger partial charge is 0.389 e. The second kappa shape index (κ2) is 5.55. The van der Waals surface area contributed by atoms with E-state index < -0.39 is 5.60 Å². The molecule has 0 bridgehead atoms. The topological polar surface area (TPSA) is 32.3 Å². The fourth-order valence-corrected chi connectivity index (χ4v) is 1.49. The normalized spacial score (nSPS) is 16.5. The average Bonchev–Trinajstić information content (AvgIpc) is 1.84. The molecule has 1 unspecified atom stereocenters. The maximum absolute atomic E-state index is 9.85. The summed E-state index contributed by atoms with van der Waals surface area (Å²) in [5.41, 5.74) is -0.538. The highest BCUT2D eigenvalue weighted by Crippen LogP contribution is 2.14. The third-order valence-corrected chi connectivity index (χ3v) is 1.78. The van der Waals surface area contributed by atoms with Gasteiger partial charge in [0.2, 0.25) is 0 Å². The number of hydrogen-bond donors (Lipinski definition) is 2. The van der Waals surface area contributed by atoms with E-state index in [0.717, 1.165) is 19.4 Å². The zero-order valence-corrected chi connectivity index (χ0v) is 8.85. The Balaban J connectivity index is 3.56. The first-order valence-electron chi connectivity index (χ1n) is 4.91. The minimum Gasteiger partial charge on any atom is -0.389 e. The van der Waals surface area contributed by atoms with Crippen molar-refractivity contribution in [3.63, 3.8) is 0 Å². The van der Waals surface area contributed by atoms with E-state index in [2.05, 4.69) is 26.1 Å². The monoisotopic (exact) mass is 173 g/mol. The van der Waals surface area contributed by atoms with Crippen LogP contribution < -0.4 is 5.32 Å². The Morgan fingerprint density at radius 3 is 2.42 bits per heavy atom. The highest BCUT2D eigenvalue weighted by atomic mass is 16.3. The van der Waals surface area contributed by atoms with Crippen molar-refractivity contribution in [1.82, 2.24) is 5.32 Å². The molecule has 0 radical (unpaired) electrons.